The molecule has 1 aromatic rings. The number of aliphatic carboxylic acids is 1. The second-order valence-corrected chi connectivity index (χ2v) is 3.06. The highest BCUT2D eigenvalue weighted by Crippen LogP contribution is 2.13. The highest BCUT2D eigenvalue weighted by molar-refractivity contribution is 5.73. The number of nitriles is 1. The molecule has 1 aromatic heterocycles. The number of hydrogen-bond donors (Lipinski definition) is 3. The largest absolute Gasteiger partial charge is 0.490 e. The van der Waals surface area contributed by atoms with Crippen molar-refractivity contribution in [2.75, 3.05) is 18.4 Å². The lowest BCUT2D eigenvalue weighted by Gasteiger charge is -2.01. The number of nitrogens with two attached hydrogens (primary N) is 1. The maximum atomic E-state index is 10.6. The smallest absolute Gasteiger partial charge is 0.475 e. The van der Waals surface area contributed by atoms with Crippen molar-refractivity contribution < 1.29 is 23.1 Å². The summed E-state index contributed by atoms with van der Waals surface area (Å²) in [5.74, 6) is -2.01. The van der Waals surface area contributed by atoms with Gasteiger partial charge in [-0.25, -0.2) is 9.78 Å². The van der Waals surface area contributed by atoms with E-state index in [0.717, 1.165) is 5.82 Å². The Kier molecular flexibility index (Phi) is 6.91. The van der Waals surface area contributed by atoms with E-state index in [9.17, 15) is 13.2 Å². The summed E-state index contributed by atoms with van der Waals surface area (Å²) < 4.78 is 31.7. The van der Waals surface area contributed by atoms with E-state index >= 15 is 0 Å². The third-order valence-corrected chi connectivity index (χ3v) is 1.59. The number of rotatable bonds is 3. The summed E-state index contributed by atoms with van der Waals surface area (Å²) >= 11 is 0. The predicted molar refractivity (Wildman–Crippen MR) is 60.2 cm³/mol. The molecule has 0 fully saturated rings. The van der Waals surface area contributed by atoms with E-state index in [-0.39, 0.29) is 0 Å². The van der Waals surface area contributed by atoms with Crippen molar-refractivity contribution in [1.82, 2.24) is 4.98 Å². The summed E-state index contributed by atoms with van der Waals surface area (Å²) in [7, 11) is 0. The average molecular weight is 276 g/mol. The fourth-order valence-corrected chi connectivity index (χ4v) is 0.765. The Morgan fingerprint density at radius 1 is 1.53 bits per heavy atom. The van der Waals surface area contributed by atoms with Crippen LogP contribution in [0.15, 0.2) is 18.3 Å². The normalized spacial score (nSPS) is 9.84. The minimum absolute atomic E-state index is 0.563. The van der Waals surface area contributed by atoms with Gasteiger partial charge in [-0.2, -0.15) is 18.4 Å². The topological polar surface area (TPSA) is 112 Å². The molecule has 9 heteroatoms. The molecule has 4 N–H and O–H groups in total. The first-order valence-corrected chi connectivity index (χ1v) is 4.91. The molecule has 1 heterocycles. The van der Waals surface area contributed by atoms with Gasteiger partial charge in [-0.15, -0.1) is 0 Å². The molecule has 6 nitrogen and oxygen atoms in total. The van der Waals surface area contributed by atoms with E-state index in [1.165, 1.54) is 6.20 Å². The molecule has 0 saturated heterocycles. The first-order valence-electron chi connectivity index (χ1n) is 4.91. The molecule has 0 spiro atoms. The van der Waals surface area contributed by atoms with Crippen LogP contribution in [0.25, 0.3) is 0 Å². The summed E-state index contributed by atoms with van der Waals surface area (Å²) in [4.78, 5) is 12.9. The van der Waals surface area contributed by atoms with E-state index in [4.69, 9.17) is 20.9 Å². The van der Waals surface area contributed by atoms with Gasteiger partial charge in [0.25, 0.3) is 0 Å². The molecule has 0 saturated carbocycles. The Balaban J connectivity index is 0.000000399. The maximum absolute atomic E-state index is 10.6. The zero-order chi connectivity index (χ0) is 14.9. The zero-order valence-electron chi connectivity index (χ0n) is 9.61. The summed E-state index contributed by atoms with van der Waals surface area (Å²) in [5.41, 5.74) is 5.85. The summed E-state index contributed by atoms with van der Waals surface area (Å²) in [6.45, 7) is 1.26. The van der Waals surface area contributed by atoms with Gasteiger partial charge in [0.1, 0.15) is 11.9 Å². The summed E-state index contributed by atoms with van der Waals surface area (Å²) in [6.07, 6.45) is -3.56. The lowest BCUT2D eigenvalue weighted by molar-refractivity contribution is -0.192. The van der Waals surface area contributed by atoms with Crippen molar-refractivity contribution in [3.8, 4) is 6.07 Å². The van der Waals surface area contributed by atoms with E-state index in [2.05, 4.69) is 10.3 Å². The zero-order valence-corrected chi connectivity index (χ0v) is 9.61. The molecule has 0 radical (unpaired) electrons. The molecule has 1 rings (SSSR count). The van der Waals surface area contributed by atoms with Crippen molar-refractivity contribution in [3.63, 3.8) is 0 Å². The van der Waals surface area contributed by atoms with E-state index < -0.39 is 12.1 Å². The Morgan fingerprint density at radius 2 is 2.11 bits per heavy atom. The second-order valence-electron chi connectivity index (χ2n) is 3.06. The number of alkyl halides is 3. The van der Waals surface area contributed by atoms with Gasteiger partial charge < -0.3 is 16.2 Å². The van der Waals surface area contributed by atoms with Crippen LogP contribution in [0.5, 0.6) is 0 Å². The van der Waals surface area contributed by atoms with Gasteiger partial charge in [0.05, 0.1) is 5.56 Å². The first kappa shape index (κ1) is 16.7. The Morgan fingerprint density at radius 3 is 2.42 bits per heavy atom. The van der Waals surface area contributed by atoms with Crippen molar-refractivity contribution in [2.24, 2.45) is 5.73 Å². The molecule has 0 aromatic carbocycles. The minimum Gasteiger partial charge on any atom is -0.475 e. The molecule has 0 aliphatic heterocycles. The number of anilines is 1. The quantitative estimate of drug-likeness (QED) is 0.758. The SMILES string of the molecule is N#Cc1ccc(NCCN)nc1.O=C(O)C(F)(F)F. The van der Waals surface area contributed by atoms with Crippen LogP contribution < -0.4 is 11.1 Å². The summed E-state index contributed by atoms with van der Waals surface area (Å²) in [6, 6.07) is 5.47. The second kappa shape index (κ2) is 7.88. The Hall–Kier alpha value is -2.34. The van der Waals surface area contributed by atoms with Crippen molar-refractivity contribution in [2.45, 2.75) is 6.18 Å². The molecule has 19 heavy (non-hydrogen) atoms. The fraction of sp³-hybridized carbons (Fsp3) is 0.300. The standard InChI is InChI=1S/C8H10N4.C2HF3O2/c9-3-4-11-8-2-1-7(5-10)6-12-8;3-2(4,5)1(6)7/h1-2,6H,3-4,9H2,(H,11,12);(H,6,7). The number of hydrogen-bond acceptors (Lipinski definition) is 5. The van der Waals surface area contributed by atoms with E-state index in [0.29, 0.717) is 18.7 Å². The molecular formula is C10H11F3N4O2. The van der Waals surface area contributed by atoms with Gasteiger partial charge in [-0.1, -0.05) is 0 Å². The number of nitrogens with one attached hydrogen (secondary N) is 1. The average Bonchev–Trinajstić information content (AvgIpc) is 2.36. The fourth-order valence-electron chi connectivity index (χ4n) is 0.765. The van der Waals surface area contributed by atoms with Crippen molar-refractivity contribution in [3.05, 3.63) is 23.9 Å². The molecule has 0 amide bonds. The third-order valence-electron chi connectivity index (χ3n) is 1.59. The first-order chi connectivity index (χ1) is 8.81. The van der Waals surface area contributed by atoms with Crippen LogP contribution in [0.3, 0.4) is 0 Å². The maximum Gasteiger partial charge on any atom is 0.490 e. The lowest BCUT2D eigenvalue weighted by Crippen LogP contribution is -2.21. The molecule has 0 unspecified atom stereocenters. The molecular weight excluding hydrogens is 265 g/mol. The van der Waals surface area contributed by atoms with Gasteiger partial charge in [0.2, 0.25) is 0 Å². The number of nitrogens with zero attached hydrogens (tertiary/aromatic N) is 2. The monoisotopic (exact) mass is 276 g/mol. The third kappa shape index (κ3) is 7.56. The van der Waals surface area contributed by atoms with Crippen LogP contribution in [0.4, 0.5) is 19.0 Å². The van der Waals surface area contributed by atoms with Gasteiger partial charge in [0, 0.05) is 19.3 Å². The highest BCUT2D eigenvalue weighted by atomic mass is 19.4. The van der Waals surface area contributed by atoms with Crippen LogP contribution in [-0.2, 0) is 4.79 Å². The highest BCUT2D eigenvalue weighted by Gasteiger charge is 2.38. The van der Waals surface area contributed by atoms with Gasteiger partial charge in [-0.05, 0) is 12.1 Å². The van der Waals surface area contributed by atoms with Crippen molar-refractivity contribution >= 4 is 11.8 Å². The molecule has 0 bridgehead atoms. The van der Waals surface area contributed by atoms with Gasteiger partial charge in [-0.3, -0.25) is 0 Å². The molecule has 0 aliphatic rings. The molecule has 0 aliphatic carbocycles. The van der Waals surface area contributed by atoms with Crippen LogP contribution in [0.1, 0.15) is 5.56 Å². The van der Waals surface area contributed by atoms with E-state index in [1.807, 2.05) is 6.07 Å². The minimum atomic E-state index is -5.08. The predicted octanol–water partition coefficient (Wildman–Crippen LogP) is 0.957. The number of pyridine rings is 1. The molecule has 0 atom stereocenters. The number of halogens is 3. The Labute approximate surface area is 106 Å². The number of aromatic nitrogens is 1. The van der Waals surface area contributed by atoms with Crippen LogP contribution in [-0.4, -0.2) is 35.3 Å². The van der Waals surface area contributed by atoms with Crippen LogP contribution in [0.2, 0.25) is 0 Å². The Bertz CT molecular complexity index is 440. The number of carboxylic acid groups (broad SMARTS) is 1. The van der Waals surface area contributed by atoms with Crippen LogP contribution in [0, 0.1) is 11.3 Å². The van der Waals surface area contributed by atoms with Crippen molar-refractivity contribution in [1.29, 1.82) is 5.26 Å². The number of carboxylic acids is 1. The van der Waals surface area contributed by atoms with Crippen LogP contribution >= 0.6 is 0 Å². The molecule has 104 valence electrons. The number of carbonyl (C=O) groups is 1. The van der Waals surface area contributed by atoms with E-state index in [1.54, 1.807) is 12.1 Å². The summed E-state index contributed by atoms with van der Waals surface area (Å²) in [5, 5.41) is 18.6. The van der Waals surface area contributed by atoms with Gasteiger partial charge >= 0.3 is 12.1 Å². The van der Waals surface area contributed by atoms with Gasteiger partial charge in [0.15, 0.2) is 0 Å². The lowest BCUT2D eigenvalue weighted by atomic mass is 10.3.